The fourth-order valence-electron chi connectivity index (χ4n) is 4.34. The largest absolute Gasteiger partial charge is 0.476 e. The Balaban J connectivity index is 0.00000289. The van der Waals surface area contributed by atoms with Crippen LogP contribution in [0, 0.1) is 5.92 Å². The fourth-order valence-corrected chi connectivity index (χ4v) is 4.34. The van der Waals surface area contributed by atoms with Crippen molar-refractivity contribution in [3.8, 4) is 39.5 Å². The topological polar surface area (TPSA) is 72.2 Å². The zero-order valence-electron chi connectivity index (χ0n) is 19.9. The quantitative estimate of drug-likeness (QED) is 0.335. The summed E-state index contributed by atoms with van der Waals surface area (Å²) in [6.07, 6.45) is 7.46. The summed E-state index contributed by atoms with van der Waals surface area (Å²) in [6.45, 7) is 3.61. The summed E-state index contributed by atoms with van der Waals surface area (Å²) in [4.78, 5) is 9.73. The van der Waals surface area contributed by atoms with Crippen LogP contribution in [0.1, 0.15) is 18.4 Å². The van der Waals surface area contributed by atoms with Gasteiger partial charge in [0.25, 0.3) is 0 Å². The third-order valence-electron chi connectivity index (χ3n) is 6.30. The Morgan fingerprint density at radius 1 is 0.914 bits per heavy atom. The van der Waals surface area contributed by atoms with Gasteiger partial charge < -0.3 is 19.8 Å². The molecular weight excluding hydrogens is 460 g/mol. The second kappa shape index (κ2) is 12.0. The highest BCUT2D eigenvalue weighted by Crippen LogP contribution is 2.32. The molecule has 2 aromatic heterocycles. The van der Waals surface area contributed by atoms with Gasteiger partial charge in [-0.1, -0.05) is 48.5 Å². The molecule has 0 atom stereocenters. The first kappa shape index (κ1) is 24.9. The van der Waals surface area contributed by atoms with Gasteiger partial charge in [0.05, 0.1) is 31.0 Å². The Hall–Kier alpha value is -3.19. The van der Waals surface area contributed by atoms with Gasteiger partial charge in [-0.2, -0.15) is 0 Å². The molecule has 1 aliphatic rings. The van der Waals surface area contributed by atoms with Crippen LogP contribution in [0.2, 0.25) is 0 Å². The molecule has 0 unspecified atom stereocenters. The lowest BCUT2D eigenvalue weighted by molar-refractivity contribution is 0.208. The second-order valence-electron chi connectivity index (χ2n) is 8.73. The molecule has 3 heterocycles. The molecule has 35 heavy (non-hydrogen) atoms. The standard InChI is InChI=1S/C28H30N4O2.ClH/c1-29-16-20-2-4-23(5-3-20)27-28(24-8-6-22(7-9-24)25-12-15-33-19-25)32-26(17-31-27)34-18-21-10-13-30-14-11-21;/h2-9,12,15,17,19,21,29-30H,10-11,13-14,16,18H2,1H3;1H. The number of hydrogen-bond donors (Lipinski definition) is 2. The van der Waals surface area contributed by atoms with Crippen molar-refractivity contribution in [1.82, 2.24) is 20.6 Å². The first-order chi connectivity index (χ1) is 16.8. The summed E-state index contributed by atoms with van der Waals surface area (Å²) in [6, 6.07) is 18.8. The molecule has 0 saturated carbocycles. The van der Waals surface area contributed by atoms with Crippen LogP contribution in [0.5, 0.6) is 5.88 Å². The molecule has 0 amide bonds. The highest BCUT2D eigenvalue weighted by molar-refractivity contribution is 5.85. The van der Waals surface area contributed by atoms with Gasteiger partial charge >= 0.3 is 0 Å². The average Bonchev–Trinajstić information content (AvgIpc) is 3.44. The maximum atomic E-state index is 6.11. The van der Waals surface area contributed by atoms with Gasteiger partial charge in [-0.3, -0.25) is 0 Å². The van der Waals surface area contributed by atoms with Crippen molar-refractivity contribution >= 4 is 12.4 Å². The Labute approximate surface area is 212 Å². The van der Waals surface area contributed by atoms with Crippen molar-refractivity contribution in [2.24, 2.45) is 5.92 Å². The van der Waals surface area contributed by atoms with Gasteiger partial charge in [-0.15, -0.1) is 12.4 Å². The number of nitrogens with one attached hydrogen (secondary N) is 2. The van der Waals surface area contributed by atoms with E-state index in [0.29, 0.717) is 18.4 Å². The number of halogens is 1. The van der Waals surface area contributed by atoms with E-state index in [1.165, 1.54) is 5.56 Å². The molecule has 0 spiro atoms. The third-order valence-corrected chi connectivity index (χ3v) is 6.30. The van der Waals surface area contributed by atoms with Crippen molar-refractivity contribution < 1.29 is 9.15 Å². The number of ether oxygens (including phenoxy) is 1. The molecule has 6 nitrogen and oxygen atoms in total. The smallest absolute Gasteiger partial charge is 0.232 e. The molecular formula is C28H31ClN4O2. The maximum Gasteiger partial charge on any atom is 0.232 e. The summed E-state index contributed by atoms with van der Waals surface area (Å²) < 4.78 is 11.3. The van der Waals surface area contributed by atoms with Crippen molar-refractivity contribution in [3.63, 3.8) is 0 Å². The zero-order valence-corrected chi connectivity index (χ0v) is 20.7. The van der Waals surface area contributed by atoms with Crippen LogP contribution >= 0.6 is 12.4 Å². The molecule has 0 aliphatic carbocycles. The van der Waals surface area contributed by atoms with E-state index in [-0.39, 0.29) is 12.4 Å². The van der Waals surface area contributed by atoms with Crippen LogP contribution in [0.3, 0.4) is 0 Å². The molecule has 2 aromatic carbocycles. The second-order valence-corrected chi connectivity index (χ2v) is 8.73. The molecule has 0 radical (unpaired) electrons. The molecule has 7 heteroatoms. The van der Waals surface area contributed by atoms with Gasteiger partial charge in [0.1, 0.15) is 5.69 Å². The van der Waals surface area contributed by atoms with Gasteiger partial charge in [-0.05, 0) is 56.1 Å². The third kappa shape index (κ3) is 6.09. The minimum Gasteiger partial charge on any atom is -0.476 e. The van der Waals surface area contributed by atoms with E-state index in [9.17, 15) is 0 Å². The van der Waals surface area contributed by atoms with Crippen LogP contribution < -0.4 is 15.4 Å². The number of aromatic nitrogens is 2. The van der Waals surface area contributed by atoms with Crippen molar-refractivity contribution in [1.29, 1.82) is 0 Å². The first-order valence-electron chi connectivity index (χ1n) is 11.9. The maximum absolute atomic E-state index is 6.11. The molecule has 4 aromatic rings. The van der Waals surface area contributed by atoms with E-state index >= 15 is 0 Å². The molecule has 182 valence electrons. The summed E-state index contributed by atoms with van der Waals surface area (Å²) in [7, 11) is 1.95. The Bertz CT molecular complexity index is 1190. The molecule has 1 saturated heterocycles. The first-order valence-corrected chi connectivity index (χ1v) is 11.9. The lowest BCUT2D eigenvalue weighted by Gasteiger charge is -2.22. The van der Waals surface area contributed by atoms with Crippen LogP contribution in [-0.2, 0) is 6.54 Å². The minimum atomic E-state index is 0. The minimum absolute atomic E-state index is 0. The van der Waals surface area contributed by atoms with Crippen LogP contribution in [0.4, 0.5) is 0 Å². The average molecular weight is 491 g/mol. The fraction of sp³-hybridized carbons (Fsp3) is 0.286. The Kier molecular flexibility index (Phi) is 8.53. The van der Waals surface area contributed by atoms with E-state index in [0.717, 1.165) is 66.1 Å². The van der Waals surface area contributed by atoms with E-state index in [1.807, 2.05) is 13.1 Å². The van der Waals surface area contributed by atoms with Crippen LogP contribution in [0.25, 0.3) is 33.6 Å². The number of nitrogens with zero attached hydrogens (tertiary/aromatic N) is 2. The molecule has 1 aliphatic heterocycles. The molecule has 2 N–H and O–H groups in total. The monoisotopic (exact) mass is 490 g/mol. The highest BCUT2D eigenvalue weighted by atomic mass is 35.5. The van der Waals surface area contributed by atoms with Crippen molar-refractivity contribution in [3.05, 3.63) is 78.9 Å². The van der Waals surface area contributed by atoms with E-state index in [4.69, 9.17) is 19.1 Å². The summed E-state index contributed by atoms with van der Waals surface area (Å²) in [5, 5.41) is 6.59. The van der Waals surface area contributed by atoms with Gasteiger partial charge in [0.15, 0.2) is 0 Å². The number of rotatable bonds is 8. The van der Waals surface area contributed by atoms with E-state index in [2.05, 4.69) is 59.2 Å². The number of hydrogen-bond acceptors (Lipinski definition) is 6. The Morgan fingerprint density at radius 3 is 2.29 bits per heavy atom. The van der Waals surface area contributed by atoms with Crippen molar-refractivity contribution in [2.75, 3.05) is 26.7 Å². The summed E-state index contributed by atoms with van der Waals surface area (Å²) in [5.74, 6) is 1.13. The summed E-state index contributed by atoms with van der Waals surface area (Å²) >= 11 is 0. The number of piperidine rings is 1. The SMILES string of the molecule is CNCc1ccc(-c2ncc(OCC3CCNCC3)nc2-c2ccc(-c3ccoc3)cc2)cc1.Cl. The lowest BCUT2D eigenvalue weighted by atomic mass is 9.99. The molecule has 0 bridgehead atoms. The normalized spacial score (nSPS) is 13.9. The van der Waals surface area contributed by atoms with Crippen molar-refractivity contribution in [2.45, 2.75) is 19.4 Å². The molecule has 5 rings (SSSR count). The van der Waals surface area contributed by atoms with E-state index in [1.54, 1.807) is 18.7 Å². The lowest BCUT2D eigenvalue weighted by Crippen LogP contribution is -2.30. The van der Waals surface area contributed by atoms with Gasteiger partial charge in [0, 0.05) is 23.2 Å². The zero-order chi connectivity index (χ0) is 23.2. The van der Waals surface area contributed by atoms with Crippen LogP contribution in [0.15, 0.2) is 77.7 Å². The highest BCUT2D eigenvalue weighted by Gasteiger charge is 2.17. The predicted octanol–water partition coefficient (Wildman–Crippen LogP) is 5.59. The predicted molar refractivity (Wildman–Crippen MR) is 142 cm³/mol. The van der Waals surface area contributed by atoms with Crippen LogP contribution in [-0.4, -0.2) is 36.7 Å². The van der Waals surface area contributed by atoms with Gasteiger partial charge in [-0.25, -0.2) is 9.97 Å². The summed E-state index contributed by atoms with van der Waals surface area (Å²) in [5.41, 5.74) is 7.09. The number of benzene rings is 2. The number of furan rings is 1. The Morgan fingerprint density at radius 2 is 1.60 bits per heavy atom. The molecule has 1 fully saturated rings. The van der Waals surface area contributed by atoms with Gasteiger partial charge in [0.2, 0.25) is 5.88 Å². The van der Waals surface area contributed by atoms with E-state index < -0.39 is 0 Å².